The van der Waals surface area contributed by atoms with Gasteiger partial charge in [0.1, 0.15) is 5.75 Å². The van der Waals surface area contributed by atoms with E-state index in [9.17, 15) is 26.7 Å². The predicted molar refractivity (Wildman–Crippen MR) is 58.4 cm³/mol. The second-order valence-corrected chi connectivity index (χ2v) is 3.77. The molecule has 0 spiro atoms. The van der Waals surface area contributed by atoms with Crippen molar-refractivity contribution in [3.63, 3.8) is 0 Å². The molecule has 0 bridgehead atoms. The van der Waals surface area contributed by atoms with Crippen molar-refractivity contribution in [3.05, 3.63) is 29.3 Å². The van der Waals surface area contributed by atoms with Gasteiger partial charge in [-0.2, -0.15) is 22.0 Å². The molecule has 0 radical (unpaired) electrons. The zero-order chi connectivity index (χ0) is 15.3. The van der Waals surface area contributed by atoms with Gasteiger partial charge in [0.15, 0.2) is 0 Å². The monoisotopic (exact) mass is 298 g/mol. The first-order chi connectivity index (χ1) is 9.24. The number of halogens is 5. The maximum atomic E-state index is 12.8. The van der Waals surface area contributed by atoms with Gasteiger partial charge in [0.2, 0.25) is 0 Å². The largest absolute Gasteiger partial charge is 0.469 e. The molecule has 0 aromatic heterocycles. The Labute approximate surface area is 111 Å². The molecule has 0 saturated heterocycles. The zero-order valence-electron chi connectivity index (χ0n) is 10.3. The quantitative estimate of drug-likeness (QED) is 0.617. The predicted octanol–water partition coefficient (Wildman–Crippen LogP) is 3.41. The third-order valence-electron chi connectivity index (χ3n) is 2.44. The summed E-state index contributed by atoms with van der Waals surface area (Å²) < 4.78 is 70.7. The highest BCUT2D eigenvalue weighted by molar-refractivity contribution is 5.69. The molecule has 0 amide bonds. The number of aryl methyl sites for hydroxylation is 1. The van der Waals surface area contributed by atoms with Crippen LogP contribution < -0.4 is 4.74 Å². The molecule has 0 heterocycles. The zero-order valence-corrected chi connectivity index (χ0v) is 10.3. The summed E-state index contributed by atoms with van der Waals surface area (Å²) in [5, 5.41) is 0. The van der Waals surface area contributed by atoms with Crippen LogP contribution in [0.5, 0.6) is 5.75 Å². The summed E-state index contributed by atoms with van der Waals surface area (Å²) in [7, 11) is 1.12. The first-order valence-corrected chi connectivity index (χ1v) is 5.45. The lowest BCUT2D eigenvalue weighted by atomic mass is 10.0. The average Bonchev–Trinajstić information content (AvgIpc) is 2.34. The standard InChI is InChI=1S/C12H11F5O3/c1-19-10(18)5-3-7-2-4-8(20-11(13)14)6-9(7)12(15,16)17/h2,4,6,11H,3,5H2,1H3. The Kier molecular flexibility index (Phi) is 5.29. The SMILES string of the molecule is COC(=O)CCc1ccc(OC(F)F)cc1C(F)(F)F. The molecule has 20 heavy (non-hydrogen) atoms. The normalized spacial score (nSPS) is 11.6. The fraction of sp³-hybridized carbons (Fsp3) is 0.417. The molecule has 112 valence electrons. The number of hydrogen-bond donors (Lipinski definition) is 0. The summed E-state index contributed by atoms with van der Waals surface area (Å²) >= 11 is 0. The van der Waals surface area contributed by atoms with Gasteiger partial charge in [-0.25, -0.2) is 0 Å². The Morgan fingerprint density at radius 1 is 1.30 bits per heavy atom. The van der Waals surface area contributed by atoms with Gasteiger partial charge >= 0.3 is 18.8 Å². The van der Waals surface area contributed by atoms with E-state index in [1.54, 1.807) is 0 Å². The molecular weight excluding hydrogens is 287 g/mol. The fourth-order valence-electron chi connectivity index (χ4n) is 1.55. The van der Waals surface area contributed by atoms with Crippen molar-refractivity contribution in [2.24, 2.45) is 0 Å². The average molecular weight is 298 g/mol. The van der Waals surface area contributed by atoms with Crippen LogP contribution in [0.4, 0.5) is 22.0 Å². The molecule has 0 aliphatic carbocycles. The second-order valence-electron chi connectivity index (χ2n) is 3.77. The molecule has 0 unspecified atom stereocenters. The topological polar surface area (TPSA) is 35.5 Å². The Balaban J connectivity index is 3.01. The van der Waals surface area contributed by atoms with E-state index in [1.165, 1.54) is 0 Å². The van der Waals surface area contributed by atoms with Crippen LogP contribution in [-0.2, 0) is 22.1 Å². The second kappa shape index (κ2) is 6.53. The lowest BCUT2D eigenvalue weighted by molar-refractivity contribution is -0.142. The van der Waals surface area contributed by atoms with Crippen LogP contribution in [0.3, 0.4) is 0 Å². The Bertz CT molecular complexity index is 471. The van der Waals surface area contributed by atoms with E-state index < -0.39 is 30.1 Å². The number of carbonyl (C=O) groups excluding carboxylic acids is 1. The van der Waals surface area contributed by atoms with E-state index in [2.05, 4.69) is 9.47 Å². The lowest BCUT2D eigenvalue weighted by Gasteiger charge is -2.14. The Morgan fingerprint density at radius 3 is 2.45 bits per heavy atom. The van der Waals surface area contributed by atoms with Crippen molar-refractivity contribution >= 4 is 5.97 Å². The number of carbonyl (C=O) groups is 1. The van der Waals surface area contributed by atoms with Crippen molar-refractivity contribution in [1.82, 2.24) is 0 Å². The van der Waals surface area contributed by atoms with Gasteiger partial charge in [0.25, 0.3) is 0 Å². The maximum absolute atomic E-state index is 12.8. The van der Waals surface area contributed by atoms with Gasteiger partial charge in [-0.05, 0) is 24.1 Å². The van der Waals surface area contributed by atoms with E-state index in [4.69, 9.17) is 0 Å². The number of hydrogen-bond acceptors (Lipinski definition) is 3. The van der Waals surface area contributed by atoms with Gasteiger partial charge in [0, 0.05) is 6.42 Å². The van der Waals surface area contributed by atoms with E-state index >= 15 is 0 Å². The third kappa shape index (κ3) is 4.67. The summed E-state index contributed by atoms with van der Waals surface area (Å²) in [6.07, 6.45) is -5.18. The van der Waals surface area contributed by atoms with E-state index in [0.29, 0.717) is 6.07 Å². The number of methoxy groups -OCH3 is 1. The fourth-order valence-corrected chi connectivity index (χ4v) is 1.55. The van der Waals surface area contributed by atoms with Crippen LogP contribution in [0.25, 0.3) is 0 Å². The summed E-state index contributed by atoms with van der Waals surface area (Å²) in [6.45, 7) is -3.21. The molecule has 0 N–H and O–H groups in total. The molecule has 0 aliphatic rings. The van der Waals surface area contributed by atoms with Gasteiger partial charge in [-0.15, -0.1) is 0 Å². The van der Waals surface area contributed by atoms with Gasteiger partial charge in [-0.1, -0.05) is 6.07 Å². The molecule has 1 aromatic carbocycles. The molecule has 8 heteroatoms. The van der Waals surface area contributed by atoms with Crippen molar-refractivity contribution in [2.45, 2.75) is 25.6 Å². The highest BCUT2D eigenvalue weighted by Gasteiger charge is 2.34. The van der Waals surface area contributed by atoms with Crippen LogP contribution in [0.15, 0.2) is 18.2 Å². The van der Waals surface area contributed by atoms with Gasteiger partial charge in [0.05, 0.1) is 12.7 Å². The van der Waals surface area contributed by atoms with Crippen LogP contribution in [0.1, 0.15) is 17.5 Å². The molecular formula is C12H11F5O3. The number of rotatable bonds is 5. The summed E-state index contributed by atoms with van der Waals surface area (Å²) in [6, 6.07) is 2.48. The molecule has 0 atom stereocenters. The van der Waals surface area contributed by atoms with Crippen LogP contribution in [0.2, 0.25) is 0 Å². The summed E-state index contributed by atoms with van der Waals surface area (Å²) in [5.74, 6) is -1.25. The Morgan fingerprint density at radius 2 is 1.95 bits per heavy atom. The molecule has 1 rings (SSSR count). The molecule has 3 nitrogen and oxygen atoms in total. The Hall–Kier alpha value is -1.86. The van der Waals surface area contributed by atoms with E-state index in [-0.39, 0.29) is 18.4 Å². The van der Waals surface area contributed by atoms with Gasteiger partial charge < -0.3 is 9.47 Å². The molecule has 1 aromatic rings. The van der Waals surface area contributed by atoms with E-state index in [0.717, 1.165) is 19.2 Å². The molecule has 0 saturated carbocycles. The summed E-state index contributed by atoms with van der Waals surface area (Å²) in [4.78, 5) is 10.9. The summed E-state index contributed by atoms with van der Waals surface area (Å²) in [5.41, 5.74) is -1.30. The van der Waals surface area contributed by atoms with Crippen molar-refractivity contribution in [1.29, 1.82) is 0 Å². The van der Waals surface area contributed by atoms with Crippen LogP contribution in [-0.4, -0.2) is 19.7 Å². The lowest BCUT2D eigenvalue weighted by Crippen LogP contribution is -2.12. The van der Waals surface area contributed by atoms with Crippen molar-refractivity contribution in [3.8, 4) is 5.75 Å². The number of alkyl halides is 5. The minimum atomic E-state index is -4.73. The first kappa shape index (κ1) is 16.2. The first-order valence-electron chi connectivity index (χ1n) is 5.45. The highest BCUT2D eigenvalue weighted by atomic mass is 19.4. The van der Waals surface area contributed by atoms with E-state index in [1.807, 2.05) is 0 Å². The van der Waals surface area contributed by atoms with Crippen molar-refractivity contribution < 1.29 is 36.2 Å². The van der Waals surface area contributed by atoms with Crippen LogP contribution in [0, 0.1) is 0 Å². The smallest absolute Gasteiger partial charge is 0.416 e. The minimum Gasteiger partial charge on any atom is -0.469 e. The van der Waals surface area contributed by atoms with Crippen LogP contribution >= 0.6 is 0 Å². The van der Waals surface area contributed by atoms with Crippen molar-refractivity contribution in [2.75, 3.05) is 7.11 Å². The van der Waals surface area contributed by atoms with Gasteiger partial charge in [-0.3, -0.25) is 4.79 Å². The number of benzene rings is 1. The highest BCUT2D eigenvalue weighted by Crippen LogP contribution is 2.35. The maximum Gasteiger partial charge on any atom is 0.416 e. The number of ether oxygens (including phenoxy) is 2. The third-order valence-corrected chi connectivity index (χ3v) is 2.44. The molecule has 0 fully saturated rings. The molecule has 0 aliphatic heterocycles. The minimum absolute atomic E-state index is 0.190. The number of esters is 1.